The highest BCUT2D eigenvalue weighted by Gasteiger charge is 2.57. The molecule has 0 saturated heterocycles. The molecule has 15 heavy (non-hydrogen) atoms. The molecule has 3 heteroatoms. The van der Waals surface area contributed by atoms with Crippen molar-refractivity contribution in [1.29, 1.82) is 0 Å². The standard InChI is InChI=1S/C12H16ClNO/c1-12(2)8(6-14)11(12)7-3-4-10(15)9(13)5-7/h3-5,8,11,15H,6,14H2,1-2H3. The van der Waals surface area contributed by atoms with Crippen LogP contribution in [0, 0.1) is 11.3 Å². The molecule has 82 valence electrons. The monoisotopic (exact) mass is 225 g/mol. The van der Waals surface area contributed by atoms with Crippen molar-refractivity contribution in [3.8, 4) is 5.75 Å². The number of benzene rings is 1. The molecule has 2 atom stereocenters. The van der Waals surface area contributed by atoms with Gasteiger partial charge in [-0.25, -0.2) is 0 Å². The first-order valence-corrected chi connectivity index (χ1v) is 5.54. The predicted molar refractivity (Wildman–Crippen MR) is 62.2 cm³/mol. The summed E-state index contributed by atoms with van der Waals surface area (Å²) in [6.45, 7) is 5.14. The third kappa shape index (κ3) is 1.62. The molecule has 2 unspecified atom stereocenters. The minimum Gasteiger partial charge on any atom is -0.506 e. The van der Waals surface area contributed by atoms with Gasteiger partial charge >= 0.3 is 0 Å². The molecule has 0 radical (unpaired) electrons. The number of halogens is 1. The fraction of sp³-hybridized carbons (Fsp3) is 0.500. The SMILES string of the molecule is CC1(C)C(CN)C1c1ccc(O)c(Cl)c1. The van der Waals surface area contributed by atoms with Gasteiger partial charge in [0, 0.05) is 0 Å². The van der Waals surface area contributed by atoms with Gasteiger partial charge in [-0.2, -0.15) is 0 Å². The van der Waals surface area contributed by atoms with Crippen molar-refractivity contribution in [1.82, 2.24) is 0 Å². The third-order valence-corrected chi connectivity index (χ3v) is 3.94. The second kappa shape index (κ2) is 3.39. The maximum atomic E-state index is 9.34. The highest BCUT2D eigenvalue weighted by atomic mass is 35.5. The van der Waals surface area contributed by atoms with Crippen LogP contribution in [0.5, 0.6) is 5.75 Å². The minimum absolute atomic E-state index is 0.142. The lowest BCUT2D eigenvalue weighted by molar-refractivity contribution is 0.475. The Balaban J connectivity index is 2.29. The zero-order valence-electron chi connectivity index (χ0n) is 9.00. The molecule has 1 aliphatic carbocycles. The molecular formula is C12H16ClNO. The van der Waals surface area contributed by atoms with Crippen LogP contribution in [0.2, 0.25) is 5.02 Å². The van der Waals surface area contributed by atoms with E-state index in [9.17, 15) is 5.11 Å². The summed E-state index contributed by atoms with van der Waals surface area (Å²) in [5.74, 6) is 1.14. The Kier molecular flexibility index (Phi) is 2.44. The van der Waals surface area contributed by atoms with Crippen molar-refractivity contribution in [2.24, 2.45) is 17.1 Å². The second-order valence-corrected chi connectivity index (χ2v) is 5.26. The average Bonchev–Trinajstić information content (AvgIpc) is 2.73. The summed E-state index contributed by atoms with van der Waals surface area (Å²) in [5.41, 5.74) is 7.16. The zero-order chi connectivity index (χ0) is 11.2. The summed E-state index contributed by atoms with van der Waals surface area (Å²) in [4.78, 5) is 0. The van der Waals surface area contributed by atoms with Gasteiger partial charge in [0.05, 0.1) is 5.02 Å². The summed E-state index contributed by atoms with van der Waals surface area (Å²) in [5, 5.41) is 9.76. The number of phenols is 1. The molecular weight excluding hydrogens is 210 g/mol. The fourth-order valence-corrected chi connectivity index (χ4v) is 2.75. The van der Waals surface area contributed by atoms with Gasteiger partial charge in [0.2, 0.25) is 0 Å². The Morgan fingerprint density at radius 2 is 2.13 bits per heavy atom. The molecule has 0 aliphatic heterocycles. The van der Waals surface area contributed by atoms with Gasteiger partial charge in [-0.15, -0.1) is 0 Å². The van der Waals surface area contributed by atoms with E-state index in [0.29, 0.717) is 23.4 Å². The van der Waals surface area contributed by atoms with E-state index in [1.165, 1.54) is 5.56 Å². The normalized spacial score (nSPS) is 27.7. The smallest absolute Gasteiger partial charge is 0.134 e. The van der Waals surface area contributed by atoms with Crippen LogP contribution in [0.25, 0.3) is 0 Å². The molecule has 1 saturated carbocycles. The molecule has 0 amide bonds. The molecule has 0 heterocycles. The quantitative estimate of drug-likeness (QED) is 0.813. The van der Waals surface area contributed by atoms with Gasteiger partial charge in [-0.1, -0.05) is 31.5 Å². The second-order valence-electron chi connectivity index (χ2n) is 4.85. The van der Waals surface area contributed by atoms with Gasteiger partial charge in [0.25, 0.3) is 0 Å². The van der Waals surface area contributed by atoms with Crippen LogP contribution >= 0.6 is 11.6 Å². The third-order valence-electron chi connectivity index (χ3n) is 3.64. The maximum absolute atomic E-state index is 9.34. The van der Waals surface area contributed by atoms with Crippen LogP contribution in [0.1, 0.15) is 25.3 Å². The lowest BCUT2D eigenvalue weighted by Gasteiger charge is -2.04. The lowest BCUT2D eigenvalue weighted by atomic mass is 10.0. The van der Waals surface area contributed by atoms with Crippen LogP contribution < -0.4 is 5.73 Å². The first kappa shape index (κ1) is 10.8. The molecule has 2 rings (SSSR count). The first-order chi connectivity index (χ1) is 6.98. The fourth-order valence-electron chi connectivity index (χ4n) is 2.56. The van der Waals surface area contributed by atoms with E-state index in [2.05, 4.69) is 13.8 Å². The van der Waals surface area contributed by atoms with E-state index in [0.717, 1.165) is 0 Å². The van der Waals surface area contributed by atoms with Crippen LogP contribution in [-0.4, -0.2) is 11.7 Å². The van der Waals surface area contributed by atoms with E-state index in [-0.39, 0.29) is 11.2 Å². The van der Waals surface area contributed by atoms with Crippen LogP contribution in [0.3, 0.4) is 0 Å². The van der Waals surface area contributed by atoms with Crippen molar-refractivity contribution >= 4 is 11.6 Å². The average molecular weight is 226 g/mol. The Morgan fingerprint density at radius 1 is 1.47 bits per heavy atom. The Hall–Kier alpha value is -0.730. The molecule has 0 aromatic heterocycles. The van der Waals surface area contributed by atoms with E-state index < -0.39 is 0 Å². The van der Waals surface area contributed by atoms with Gasteiger partial charge < -0.3 is 10.8 Å². The number of hydrogen-bond donors (Lipinski definition) is 2. The van der Waals surface area contributed by atoms with Crippen molar-refractivity contribution < 1.29 is 5.11 Å². The summed E-state index contributed by atoms with van der Waals surface area (Å²) in [6, 6.07) is 5.43. The first-order valence-electron chi connectivity index (χ1n) is 5.17. The van der Waals surface area contributed by atoms with Gasteiger partial charge in [-0.05, 0) is 41.5 Å². The van der Waals surface area contributed by atoms with E-state index in [1.54, 1.807) is 6.07 Å². The van der Waals surface area contributed by atoms with Crippen molar-refractivity contribution in [2.45, 2.75) is 19.8 Å². The summed E-state index contributed by atoms with van der Waals surface area (Å²) in [7, 11) is 0. The highest BCUT2D eigenvalue weighted by Crippen LogP contribution is 2.64. The molecule has 1 aromatic rings. The van der Waals surface area contributed by atoms with Crippen LogP contribution in [0.4, 0.5) is 0 Å². The number of phenolic OH excluding ortho intramolecular Hbond substituents is 1. The zero-order valence-corrected chi connectivity index (χ0v) is 9.75. The largest absolute Gasteiger partial charge is 0.506 e. The van der Waals surface area contributed by atoms with E-state index in [1.807, 2.05) is 12.1 Å². The highest BCUT2D eigenvalue weighted by molar-refractivity contribution is 6.32. The number of hydrogen-bond acceptors (Lipinski definition) is 2. The van der Waals surface area contributed by atoms with Crippen molar-refractivity contribution in [3.63, 3.8) is 0 Å². The van der Waals surface area contributed by atoms with Gasteiger partial charge in [-0.3, -0.25) is 0 Å². The summed E-state index contributed by atoms with van der Waals surface area (Å²) < 4.78 is 0. The molecule has 1 aromatic carbocycles. The molecule has 1 aliphatic rings. The van der Waals surface area contributed by atoms with Crippen LogP contribution in [0.15, 0.2) is 18.2 Å². The molecule has 0 bridgehead atoms. The molecule has 1 fully saturated rings. The molecule has 0 spiro atoms. The Morgan fingerprint density at radius 3 is 2.60 bits per heavy atom. The molecule has 3 N–H and O–H groups in total. The van der Waals surface area contributed by atoms with Crippen molar-refractivity contribution in [3.05, 3.63) is 28.8 Å². The Labute approximate surface area is 95.1 Å². The topological polar surface area (TPSA) is 46.2 Å². The summed E-state index contributed by atoms with van der Waals surface area (Å²) >= 11 is 5.89. The predicted octanol–water partition coefficient (Wildman–Crippen LogP) is 2.74. The van der Waals surface area contributed by atoms with E-state index >= 15 is 0 Å². The minimum atomic E-state index is 0.142. The lowest BCUT2D eigenvalue weighted by Crippen LogP contribution is -2.05. The Bertz CT molecular complexity index is 389. The number of rotatable bonds is 2. The van der Waals surface area contributed by atoms with Gasteiger partial charge in [0.15, 0.2) is 0 Å². The van der Waals surface area contributed by atoms with Crippen molar-refractivity contribution in [2.75, 3.05) is 6.54 Å². The summed E-state index contributed by atoms with van der Waals surface area (Å²) in [6.07, 6.45) is 0. The molecule has 2 nitrogen and oxygen atoms in total. The van der Waals surface area contributed by atoms with Gasteiger partial charge in [0.1, 0.15) is 5.75 Å². The number of nitrogens with two attached hydrogens (primary N) is 1. The van der Waals surface area contributed by atoms with E-state index in [4.69, 9.17) is 17.3 Å². The van der Waals surface area contributed by atoms with Crippen LogP contribution in [-0.2, 0) is 0 Å². The number of aromatic hydroxyl groups is 1. The maximum Gasteiger partial charge on any atom is 0.134 e.